The number of benzene rings is 1. The largest absolute Gasteiger partial charge is 0.455 e. The Morgan fingerprint density at radius 2 is 1.74 bits per heavy atom. The lowest BCUT2D eigenvalue weighted by Gasteiger charge is -2.44. The molecule has 0 bridgehead atoms. The van der Waals surface area contributed by atoms with E-state index in [0.717, 1.165) is 6.08 Å². The zero-order valence-corrected chi connectivity index (χ0v) is 20.4. The molecule has 39 heavy (non-hydrogen) atoms. The number of nitriles is 1. The number of aromatic amines is 1. The van der Waals surface area contributed by atoms with Gasteiger partial charge in [0.1, 0.15) is 36.6 Å². The molecule has 1 saturated carbocycles. The molecule has 0 radical (unpaired) electrons. The first kappa shape index (κ1) is 28.4. The van der Waals surface area contributed by atoms with Crippen LogP contribution < -0.4 is 0 Å². The van der Waals surface area contributed by atoms with Gasteiger partial charge in [0, 0.05) is 30.5 Å². The van der Waals surface area contributed by atoms with E-state index in [9.17, 15) is 40.4 Å². The molecule has 1 aromatic heterocycles. The number of carbonyl (C=O) groups is 2. The average molecular weight is 545 g/mol. The standard InChI is InChI=1S/C26H28N2O11/c27-8-6-15-16(37-26-22(33)21(32)20(31)18(12-29)38-26)10-17(36-24(34)13-4-2-1-3-5-13)23(19(15)30)39-25(35)14-7-9-28-11-14/h1-7,9,11,16-23,26,28-33H,10,12H2. The molecule has 2 fully saturated rings. The molecule has 1 aliphatic carbocycles. The zero-order chi connectivity index (χ0) is 28.1. The number of aliphatic hydroxyl groups is 5. The summed E-state index contributed by atoms with van der Waals surface area (Å²) in [6, 6.07) is 11.2. The summed E-state index contributed by atoms with van der Waals surface area (Å²) in [6.45, 7) is -0.701. The van der Waals surface area contributed by atoms with Gasteiger partial charge in [-0.15, -0.1) is 0 Å². The number of H-pyrrole nitrogens is 1. The van der Waals surface area contributed by atoms with Crippen LogP contribution in [-0.2, 0) is 18.9 Å². The highest BCUT2D eigenvalue weighted by molar-refractivity contribution is 5.90. The number of nitrogens with zero attached hydrogens (tertiary/aromatic N) is 1. The van der Waals surface area contributed by atoms with Gasteiger partial charge in [-0.2, -0.15) is 5.26 Å². The average Bonchev–Trinajstić information content (AvgIpc) is 3.49. The number of allylic oxidation sites excluding steroid dienone is 1. The first-order valence-electron chi connectivity index (χ1n) is 12.1. The molecule has 4 rings (SSSR count). The fourth-order valence-electron chi connectivity index (χ4n) is 4.47. The van der Waals surface area contributed by atoms with Crippen LogP contribution in [0.5, 0.6) is 0 Å². The van der Waals surface area contributed by atoms with E-state index >= 15 is 0 Å². The number of hydrogen-bond donors (Lipinski definition) is 6. The molecule has 13 nitrogen and oxygen atoms in total. The molecule has 0 amide bonds. The molecule has 13 heteroatoms. The Hall–Kier alpha value is -3.61. The molecule has 2 aromatic rings. The summed E-state index contributed by atoms with van der Waals surface area (Å²) >= 11 is 0. The summed E-state index contributed by atoms with van der Waals surface area (Å²) in [5, 5.41) is 60.7. The van der Waals surface area contributed by atoms with Crippen molar-refractivity contribution in [2.75, 3.05) is 6.61 Å². The van der Waals surface area contributed by atoms with E-state index in [2.05, 4.69) is 4.98 Å². The summed E-state index contributed by atoms with van der Waals surface area (Å²) in [4.78, 5) is 28.3. The van der Waals surface area contributed by atoms with Gasteiger partial charge >= 0.3 is 11.9 Å². The van der Waals surface area contributed by atoms with Gasteiger partial charge in [-0.05, 0) is 18.2 Å². The van der Waals surface area contributed by atoms with E-state index < -0.39 is 73.7 Å². The van der Waals surface area contributed by atoms with E-state index in [1.165, 1.54) is 30.6 Å². The summed E-state index contributed by atoms with van der Waals surface area (Å²) in [5.41, 5.74) is 0.252. The van der Waals surface area contributed by atoms with Crippen molar-refractivity contribution in [3.63, 3.8) is 0 Å². The number of rotatable bonds is 7. The molecule has 208 valence electrons. The number of ether oxygens (including phenoxy) is 4. The number of esters is 2. The summed E-state index contributed by atoms with van der Waals surface area (Å²) in [5.74, 6) is -1.61. The summed E-state index contributed by atoms with van der Waals surface area (Å²) in [6.07, 6.45) is -10.1. The van der Waals surface area contributed by atoms with Crippen molar-refractivity contribution in [3.8, 4) is 6.07 Å². The van der Waals surface area contributed by atoms with Crippen molar-refractivity contribution in [2.24, 2.45) is 0 Å². The van der Waals surface area contributed by atoms with Crippen LogP contribution in [0.15, 0.2) is 60.4 Å². The molecule has 6 N–H and O–H groups in total. The molecule has 0 spiro atoms. The minimum atomic E-state index is -1.77. The Labute approximate surface area is 222 Å². The number of carbonyl (C=O) groups excluding carboxylic acids is 2. The number of hydrogen-bond acceptors (Lipinski definition) is 12. The van der Waals surface area contributed by atoms with Crippen LogP contribution in [0.25, 0.3) is 0 Å². The maximum atomic E-state index is 12.9. The highest BCUT2D eigenvalue weighted by Crippen LogP contribution is 2.35. The molecular weight excluding hydrogens is 516 g/mol. The Bertz CT molecular complexity index is 1190. The Morgan fingerprint density at radius 1 is 1.03 bits per heavy atom. The Balaban J connectivity index is 1.62. The quantitative estimate of drug-likeness (QED) is 0.186. The minimum Gasteiger partial charge on any atom is -0.455 e. The summed E-state index contributed by atoms with van der Waals surface area (Å²) in [7, 11) is 0. The molecule has 1 aliphatic heterocycles. The minimum absolute atomic E-state index is 0.0756. The van der Waals surface area contributed by atoms with E-state index in [0.29, 0.717) is 0 Å². The maximum absolute atomic E-state index is 12.9. The highest BCUT2D eigenvalue weighted by Gasteiger charge is 2.50. The smallest absolute Gasteiger partial charge is 0.340 e. The van der Waals surface area contributed by atoms with Gasteiger partial charge in [0.2, 0.25) is 0 Å². The fourth-order valence-corrected chi connectivity index (χ4v) is 4.47. The van der Waals surface area contributed by atoms with Crippen molar-refractivity contribution in [3.05, 3.63) is 71.6 Å². The lowest BCUT2D eigenvalue weighted by Crippen LogP contribution is -2.61. The van der Waals surface area contributed by atoms with Crippen molar-refractivity contribution in [1.29, 1.82) is 5.26 Å². The second-order valence-electron chi connectivity index (χ2n) is 9.06. The molecule has 2 aliphatic rings. The first-order chi connectivity index (χ1) is 18.7. The van der Waals surface area contributed by atoms with E-state index in [4.69, 9.17) is 18.9 Å². The van der Waals surface area contributed by atoms with Crippen LogP contribution in [0.3, 0.4) is 0 Å². The van der Waals surface area contributed by atoms with Crippen molar-refractivity contribution in [2.45, 2.75) is 61.5 Å². The van der Waals surface area contributed by atoms with Crippen LogP contribution in [0.1, 0.15) is 27.1 Å². The van der Waals surface area contributed by atoms with Gasteiger partial charge in [-0.25, -0.2) is 9.59 Å². The molecular formula is C26H28N2O11. The molecule has 1 aromatic carbocycles. The predicted molar refractivity (Wildman–Crippen MR) is 129 cm³/mol. The van der Waals surface area contributed by atoms with Gasteiger partial charge in [0.15, 0.2) is 12.4 Å². The lowest BCUT2D eigenvalue weighted by atomic mass is 9.84. The molecule has 1 saturated heterocycles. The Kier molecular flexibility index (Phi) is 9.10. The van der Waals surface area contributed by atoms with Crippen molar-refractivity contribution in [1.82, 2.24) is 4.98 Å². The number of nitrogens with one attached hydrogen (secondary N) is 1. The lowest BCUT2D eigenvalue weighted by molar-refractivity contribution is -0.312. The van der Waals surface area contributed by atoms with Gasteiger partial charge in [0.25, 0.3) is 0 Å². The zero-order valence-electron chi connectivity index (χ0n) is 20.4. The van der Waals surface area contributed by atoms with Crippen molar-refractivity contribution < 1.29 is 54.1 Å². The van der Waals surface area contributed by atoms with Crippen LogP contribution >= 0.6 is 0 Å². The van der Waals surface area contributed by atoms with Crippen LogP contribution in [0.4, 0.5) is 0 Å². The van der Waals surface area contributed by atoms with Gasteiger partial charge in [0.05, 0.1) is 29.9 Å². The molecule has 9 atom stereocenters. The fraction of sp³-hybridized carbons (Fsp3) is 0.423. The third-order valence-electron chi connectivity index (χ3n) is 6.56. The van der Waals surface area contributed by atoms with Crippen molar-refractivity contribution >= 4 is 11.9 Å². The van der Waals surface area contributed by atoms with Gasteiger partial charge in [-0.3, -0.25) is 0 Å². The van der Waals surface area contributed by atoms with E-state index in [1.54, 1.807) is 24.3 Å². The van der Waals surface area contributed by atoms with Crippen LogP contribution in [-0.4, -0.2) is 104 Å². The second-order valence-corrected chi connectivity index (χ2v) is 9.06. The summed E-state index contributed by atoms with van der Waals surface area (Å²) < 4.78 is 22.3. The first-order valence-corrected chi connectivity index (χ1v) is 12.1. The SMILES string of the molecule is N#CC=C1C(OC2OC(CO)C(O)C(O)C2O)CC(OC(=O)c2ccccc2)C(OC(=O)c2cc[nH]c2)C1O. The third-order valence-corrected chi connectivity index (χ3v) is 6.56. The second kappa shape index (κ2) is 12.5. The maximum Gasteiger partial charge on any atom is 0.340 e. The van der Waals surface area contributed by atoms with E-state index in [-0.39, 0.29) is 23.1 Å². The van der Waals surface area contributed by atoms with Gasteiger partial charge < -0.3 is 49.5 Å². The van der Waals surface area contributed by atoms with E-state index in [1.807, 2.05) is 0 Å². The molecule has 2 heterocycles. The van der Waals surface area contributed by atoms with Crippen LogP contribution in [0, 0.1) is 11.3 Å². The highest BCUT2D eigenvalue weighted by atomic mass is 16.7. The number of aliphatic hydroxyl groups excluding tert-OH is 5. The topological polar surface area (TPSA) is 212 Å². The third kappa shape index (κ3) is 6.18. The van der Waals surface area contributed by atoms with Crippen LogP contribution in [0.2, 0.25) is 0 Å². The van der Waals surface area contributed by atoms with Gasteiger partial charge in [-0.1, -0.05) is 18.2 Å². The monoisotopic (exact) mass is 544 g/mol. The number of aromatic nitrogens is 1. The predicted octanol–water partition coefficient (Wildman–Crippen LogP) is -0.835. The molecule has 9 unspecified atom stereocenters. The normalized spacial score (nSPS) is 33.7. The Morgan fingerprint density at radius 3 is 2.38 bits per heavy atom.